The summed E-state index contributed by atoms with van der Waals surface area (Å²) >= 11 is 3.27. The van der Waals surface area contributed by atoms with Crippen LogP contribution in [0.25, 0.3) is 0 Å². The van der Waals surface area contributed by atoms with E-state index < -0.39 is 17.4 Å². The molecule has 1 fully saturated rings. The van der Waals surface area contributed by atoms with Crippen LogP contribution in [0.5, 0.6) is 0 Å². The van der Waals surface area contributed by atoms with Crippen LogP contribution in [-0.4, -0.2) is 24.0 Å². The maximum absolute atomic E-state index is 11.8. The molecule has 1 saturated carbocycles. The monoisotopic (exact) mass is 350 g/mol. The minimum atomic E-state index is -0.791. The van der Waals surface area contributed by atoms with Gasteiger partial charge in [0, 0.05) is 4.47 Å². The average molecular weight is 351 g/mol. The van der Waals surface area contributed by atoms with E-state index in [-0.39, 0.29) is 6.61 Å². The number of halogens is 1. The Morgan fingerprint density at radius 3 is 2.48 bits per heavy atom. The van der Waals surface area contributed by atoms with E-state index in [9.17, 15) is 9.59 Å². The second-order valence-electron chi connectivity index (χ2n) is 5.03. The standard InChI is InChI=1S/C15H15BrN2O3/c16-12-5-3-11(4-6-12)14(20)21-9-13(19)18-15(10-17)7-1-2-8-15/h3-6H,1-2,7-9H2,(H,18,19). The summed E-state index contributed by atoms with van der Waals surface area (Å²) in [4.78, 5) is 23.6. The van der Waals surface area contributed by atoms with Crippen LogP contribution in [-0.2, 0) is 9.53 Å². The van der Waals surface area contributed by atoms with Crippen molar-refractivity contribution in [1.82, 2.24) is 5.32 Å². The Morgan fingerprint density at radius 2 is 1.90 bits per heavy atom. The van der Waals surface area contributed by atoms with Crippen LogP contribution in [0, 0.1) is 11.3 Å². The van der Waals surface area contributed by atoms with Gasteiger partial charge >= 0.3 is 5.97 Å². The number of hydrogen-bond donors (Lipinski definition) is 1. The number of hydrogen-bond acceptors (Lipinski definition) is 4. The number of rotatable bonds is 4. The number of nitrogens with zero attached hydrogens (tertiary/aromatic N) is 1. The van der Waals surface area contributed by atoms with Crippen LogP contribution in [0.15, 0.2) is 28.7 Å². The number of nitrogens with one attached hydrogen (secondary N) is 1. The molecule has 0 heterocycles. The van der Waals surface area contributed by atoms with Gasteiger partial charge < -0.3 is 10.1 Å². The van der Waals surface area contributed by atoms with Gasteiger partial charge in [0.15, 0.2) is 6.61 Å². The number of benzene rings is 1. The van der Waals surface area contributed by atoms with Gasteiger partial charge in [-0.15, -0.1) is 0 Å². The molecule has 0 bridgehead atoms. The molecule has 0 unspecified atom stereocenters. The molecular formula is C15H15BrN2O3. The maximum Gasteiger partial charge on any atom is 0.338 e. The first-order chi connectivity index (χ1) is 10.0. The zero-order valence-corrected chi connectivity index (χ0v) is 13.0. The minimum Gasteiger partial charge on any atom is -0.452 e. The van der Waals surface area contributed by atoms with Gasteiger partial charge in [-0.3, -0.25) is 4.79 Å². The lowest BCUT2D eigenvalue weighted by atomic mass is 10.00. The Labute approximate surface area is 131 Å². The predicted molar refractivity (Wildman–Crippen MR) is 79.4 cm³/mol. The van der Waals surface area contributed by atoms with Crippen molar-refractivity contribution in [2.75, 3.05) is 6.61 Å². The highest BCUT2D eigenvalue weighted by Crippen LogP contribution is 2.28. The minimum absolute atomic E-state index is 0.377. The number of ether oxygens (including phenoxy) is 1. The number of carbonyl (C=O) groups excluding carboxylic acids is 2. The van der Waals surface area contributed by atoms with E-state index in [4.69, 9.17) is 10.00 Å². The molecule has 0 spiro atoms. The van der Waals surface area contributed by atoms with E-state index in [2.05, 4.69) is 27.3 Å². The molecule has 5 nitrogen and oxygen atoms in total. The fourth-order valence-electron chi connectivity index (χ4n) is 2.35. The van der Waals surface area contributed by atoms with Crippen LogP contribution in [0.4, 0.5) is 0 Å². The third-order valence-corrected chi connectivity index (χ3v) is 3.99. The summed E-state index contributed by atoms with van der Waals surface area (Å²) in [6, 6.07) is 8.82. The van der Waals surface area contributed by atoms with E-state index in [1.54, 1.807) is 24.3 Å². The molecule has 1 N–H and O–H groups in total. The van der Waals surface area contributed by atoms with Gasteiger partial charge in [0.1, 0.15) is 5.54 Å². The highest BCUT2D eigenvalue weighted by atomic mass is 79.9. The summed E-state index contributed by atoms with van der Waals surface area (Å²) in [5.74, 6) is -1.00. The maximum atomic E-state index is 11.8. The first kappa shape index (κ1) is 15.5. The van der Waals surface area contributed by atoms with Gasteiger partial charge in [0.05, 0.1) is 11.6 Å². The number of nitriles is 1. The van der Waals surface area contributed by atoms with E-state index >= 15 is 0 Å². The third kappa shape index (κ3) is 4.05. The highest BCUT2D eigenvalue weighted by Gasteiger charge is 2.35. The van der Waals surface area contributed by atoms with Gasteiger partial charge in [0.2, 0.25) is 0 Å². The SMILES string of the molecule is N#CC1(NC(=O)COC(=O)c2ccc(Br)cc2)CCCC1. The molecule has 0 atom stereocenters. The topological polar surface area (TPSA) is 79.2 Å². The van der Waals surface area contributed by atoms with Crippen molar-refractivity contribution in [2.45, 2.75) is 31.2 Å². The third-order valence-electron chi connectivity index (χ3n) is 3.46. The van der Waals surface area contributed by atoms with Crippen molar-refractivity contribution in [3.05, 3.63) is 34.3 Å². The first-order valence-electron chi connectivity index (χ1n) is 6.70. The Balaban J connectivity index is 1.85. The first-order valence-corrected chi connectivity index (χ1v) is 7.49. The molecule has 0 aliphatic heterocycles. The quantitative estimate of drug-likeness (QED) is 0.846. The molecule has 110 valence electrons. The van der Waals surface area contributed by atoms with Gasteiger partial charge in [-0.1, -0.05) is 15.9 Å². The molecular weight excluding hydrogens is 336 g/mol. The predicted octanol–water partition coefficient (Wildman–Crippen LogP) is 2.56. The lowest BCUT2D eigenvalue weighted by Gasteiger charge is -2.21. The van der Waals surface area contributed by atoms with Crippen molar-refractivity contribution in [1.29, 1.82) is 5.26 Å². The van der Waals surface area contributed by atoms with Crippen molar-refractivity contribution in [2.24, 2.45) is 0 Å². The molecule has 0 saturated heterocycles. The van der Waals surface area contributed by atoms with E-state index in [0.717, 1.165) is 17.3 Å². The van der Waals surface area contributed by atoms with E-state index in [1.165, 1.54) is 0 Å². The molecule has 1 aromatic carbocycles. The van der Waals surface area contributed by atoms with Gasteiger partial charge in [-0.25, -0.2) is 4.79 Å². The summed E-state index contributed by atoms with van der Waals surface area (Å²) in [6.45, 7) is -0.377. The van der Waals surface area contributed by atoms with Crippen molar-refractivity contribution in [3.8, 4) is 6.07 Å². The van der Waals surface area contributed by atoms with Crippen LogP contribution in [0.2, 0.25) is 0 Å². The van der Waals surface area contributed by atoms with Gasteiger partial charge in [0.25, 0.3) is 5.91 Å². The number of amides is 1. The molecule has 1 amide bonds. The second kappa shape index (κ2) is 6.72. The smallest absolute Gasteiger partial charge is 0.338 e. The summed E-state index contributed by atoms with van der Waals surface area (Å²) in [6.07, 6.45) is 3.14. The molecule has 6 heteroatoms. The van der Waals surface area contributed by atoms with Crippen LogP contribution >= 0.6 is 15.9 Å². The Bertz CT molecular complexity index is 572. The van der Waals surface area contributed by atoms with Crippen LogP contribution < -0.4 is 5.32 Å². The summed E-state index contributed by atoms with van der Waals surface area (Å²) in [5.41, 5.74) is -0.414. The number of carbonyl (C=O) groups is 2. The van der Waals surface area contributed by atoms with Crippen molar-refractivity contribution < 1.29 is 14.3 Å². The van der Waals surface area contributed by atoms with Crippen LogP contribution in [0.3, 0.4) is 0 Å². The Hall–Kier alpha value is -1.87. The lowest BCUT2D eigenvalue weighted by molar-refractivity contribution is -0.125. The van der Waals surface area contributed by atoms with Crippen molar-refractivity contribution >= 4 is 27.8 Å². The summed E-state index contributed by atoms with van der Waals surface area (Å²) in [7, 11) is 0. The Kier molecular flexibility index (Phi) is 4.97. The number of esters is 1. The van der Waals surface area contributed by atoms with Gasteiger partial charge in [-0.05, 0) is 49.9 Å². The zero-order valence-electron chi connectivity index (χ0n) is 11.4. The van der Waals surface area contributed by atoms with Gasteiger partial charge in [-0.2, -0.15) is 5.26 Å². The highest BCUT2D eigenvalue weighted by molar-refractivity contribution is 9.10. The molecule has 1 aliphatic rings. The molecule has 0 aromatic heterocycles. The van der Waals surface area contributed by atoms with Crippen molar-refractivity contribution in [3.63, 3.8) is 0 Å². The van der Waals surface area contributed by atoms with Crippen LogP contribution in [0.1, 0.15) is 36.0 Å². The zero-order chi connectivity index (χ0) is 15.3. The fraction of sp³-hybridized carbons (Fsp3) is 0.400. The van der Waals surface area contributed by atoms with E-state index in [0.29, 0.717) is 18.4 Å². The summed E-state index contributed by atoms with van der Waals surface area (Å²) < 4.78 is 5.81. The molecule has 0 radical (unpaired) electrons. The molecule has 1 aromatic rings. The molecule has 21 heavy (non-hydrogen) atoms. The summed E-state index contributed by atoms with van der Waals surface area (Å²) in [5, 5.41) is 11.8. The molecule has 2 rings (SSSR count). The molecule has 1 aliphatic carbocycles. The lowest BCUT2D eigenvalue weighted by Crippen LogP contribution is -2.46. The average Bonchev–Trinajstić information content (AvgIpc) is 2.94. The Morgan fingerprint density at radius 1 is 1.29 bits per heavy atom. The normalized spacial score (nSPS) is 16.0. The fourth-order valence-corrected chi connectivity index (χ4v) is 2.61. The second-order valence-corrected chi connectivity index (χ2v) is 5.95. The van der Waals surface area contributed by atoms with E-state index in [1.807, 2.05) is 0 Å². The largest absolute Gasteiger partial charge is 0.452 e.